The third-order valence-corrected chi connectivity index (χ3v) is 4.47. The van der Waals surface area contributed by atoms with Gasteiger partial charge in [0.05, 0.1) is 36.4 Å². The minimum atomic E-state index is -0.907. The molecule has 1 N–H and O–H groups in total. The maximum atomic E-state index is 12.5. The lowest BCUT2D eigenvalue weighted by atomic mass is 10.2. The average Bonchev–Trinajstić information content (AvgIpc) is 2.74. The second kappa shape index (κ2) is 8.83. The lowest BCUT2D eigenvalue weighted by Gasteiger charge is -2.16. The first-order chi connectivity index (χ1) is 14.3. The first kappa shape index (κ1) is 21.1. The molecule has 30 heavy (non-hydrogen) atoms. The fourth-order valence-electron chi connectivity index (χ4n) is 2.70. The summed E-state index contributed by atoms with van der Waals surface area (Å²) < 4.78 is 16.2. The predicted octanol–water partition coefficient (Wildman–Crippen LogP) is 2.17. The van der Waals surface area contributed by atoms with Gasteiger partial charge in [0.15, 0.2) is 17.6 Å². The number of esters is 1. The van der Waals surface area contributed by atoms with E-state index in [2.05, 4.69) is 14.8 Å². The number of rotatable bonds is 6. The Bertz CT molecular complexity index is 1250. The van der Waals surface area contributed by atoms with Gasteiger partial charge in [0.1, 0.15) is 0 Å². The molecule has 2 aromatic carbocycles. The topological polar surface area (TPSA) is 112 Å². The summed E-state index contributed by atoms with van der Waals surface area (Å²) in [5, 5.41) is 4.45. The molecule has 1 unspecified atom stereocenters. The van der Waals surface area contributed by atoms with Crippen LogP contribution in [0.3, 0.4) is 0 Å². The second-order valence-corrected chi connectivity index (χ2v) is 6.56. The molecule has 10 heteroatoms. The fraction of sp³-hybridized carbons (Fsp3) is 0.200. The molecule has 1 heterocycles. The largest absolute Gasteiger partial charge is 0.493 e. The van der Waals surface area contributed by atoms with Gasteiger partial charge in [-0.2, -0.15) is 5.10 Å². The lowest BCUT2D eigenvalue weighted by Crippen LogP contribution is -2.32. The Balaban J connectivity index is 1.98. The van der Waals surface area contributed by atoms with E-state index < -0.39 is 23.3 Å². The first-order valence-corrected chi connectivity index (χ1v) is 9.14. The molecule has 0 amide bonds. The number of halogens is 1. The van der Waals surface area contributed by atoms with Crippen LogP contribution in [0.4, 0.5) is 0 Å². The standard InChI is InChI=1S/C20H18ClN3O6/c1-11(19(26)29-3)30-17-14(21)8-12(9-16(17)28-2)10-22-24-18(25)13-6-4-5-7-15(13)23-20(24)27/h4-11H,1-3H3,(H,23,27). The van der Waals surface area contributed by atoms with E-state index in [-0.39, 0.29) is 16.5 Å². The molecule has 1 atom stereocenters. The third kappa shape index (κ3) is 4.20. The van der Waals surface area contributed by atoms with Gasteiger partial charge in [0.2, 0.25) is 0 Å². The van der Waals surface area contributed by atoms with Crippen LogP contribution in [0, 0.1) is 0 Å². The van der Waals surface area contributed by atoms with Crippen LogP contribution in [0.5, 0.6) is 11.5 Å². The summed E-state index contributed by atoms with van der Waals surface area (Å²) in [5.74, 6) is -0.192. The van der Waals surface area contributed by atoms with E-state index in [1.807, 2.05) is 0 Å². The summed E-state index contributed by atoms with van der Waals surface area (Å²) in [6, 6.07) is 9.65. The minimum Gasteiger partial charge on any atom is -0.493 e. The average molecular weight is 432 g/mol. The highest BCUT2D eigenvalue weighted by molar-refractivity contribution is 6.32. The van der Waals surface area contributed by atoms with E-state index in [0.29, 0.717) is 21.1 Å². The molecule has 0 spiro atoms. The van der Waals surface area contributed by atoms with Crippen molar-refractivity contribution >= 4 is 34.7 Å². The summed E-state index contributed by atoms with van der Waals surface area (Å²) in [5.41, 5.74) is -0.380. The highest BCUT2D eigenvalue weighted by Crippen LogP contribution is 2.36. The number of hydrogen-bond acceptors (Lipinski definition) is 7. The highest BCUT2D eigenvalue weighted by Gasteiger charge is 2.20. The normalized spacial score (nSPS) is 12.1. The van der Waals surface area contributed by atoms with Gasteiger partial charge < -0.3 is 19.2 Å². The van der Waals surface area contributed by atoms with E-state index in [0.717, 1.165) is 0 Å². The zero-order valence-corrected chi connectivity index (χ0v) is 17.1. The van der Waals surface area contributed by atoms with Crippen LogP contribution in [0.2, 0.25) is 5.02 Å². The van der Waals surface area contributed by atoms with Crippen molar-refractivity contribution in [3.05, 3.63) is 67.8 Å². The van der Waals surface area contributed by atoms with Crippen molar-refractivity contribution in [2.75, 3.05) is 14.2 Å². The van der Waals surface area contributed by atoms with Gasteiger partial charge in [-0.15, -0.1) is 4.68 Å². The van der Waals surface area contributed by atoms with Crippen LogP contribution in [0.1, 0.15) is 12.5 Å². The van der Waals surface area contributed by atoms with E-state index in [9.17, 15) is 14.4 Å². The van der Waals surface area contributed by atoms with Crippen LogP contribution in [-0.4, -0.2) is 42.2 Å². The molecule has 3 aromatic rings. The molecule has 1 aromatic heterocycles. The number of nitrogens with zero attached hydrogens (tertiary/aromatic N) is 2. The number of ether oxygens (including phenoxy) is 3. The number of carbonyl (C=O) groups excluding carboxylic acids is 1. The molecule has 3 rings (SSSR count). The zero-order valence-electron chi connectivity index (χ0n) is 16.3. The number of para-hydroxylation sites is 1. The summed E-state index contributed by atoms with van der Waals surface area (Å²) in [7, 11) is 2.65. The van der Waals surface area contributed by atoms with E-state index in [1.54, 1.807) is 24.3 Å². The number of aromatic amines is 1. The first-order valence-electron chi connectivity index (χ1n) is 8.76. The Labute approximate surface area is 175 Å². The van der Waals surface area contributed by atoms with Crippen molar-refractivity contribution in [1.82, 2.24) is 9.66 Å². The van der Waals surface area contributed by atoms with Crippen LogP contribution < -0.4 is 20.7 Å². The van der Waals surface area contributed by atoms with Crippen molar-refractivity contribution < 1.29 is 19.0 Å². The van der Waals surface area contributed by atoms with E-state index in [1.165, 1.54) is 39.5 Å². The molecule has 0 saturated carbocycles. The monoisotopic (exact) mass is 431 g/mol. The number of H-pyrrole nitrogens is 1. The Morgan fingerprint density at radius 3 is 2.67 bits per heavy atom. The molecule has 0 aliphatic rings. The van der Waals surface area contributed by atoms with Crippen molar-refractivity contribution in [3.8, 4) is 11.5 Å². The maximum Gasteiger partial charge on any atom is 0.349 e. The summed E-state index contributed by atoms with van der Waals surface area (Å²) in [6.45, 7) is 1.51. The Morgan fingerprint density at radius 1 is 1.23 bits per heavy atom. The molecule has 0 bridgehead atoms. The lowest BCUT2D eigenvalue weighted by molar-refractivity contribution is -0.147. The fourth-order valence-corrected chi connectivity index (χ4v) is 2.97. The molecule has 156 valence electrons. The molecule has 0 aliphatic heterocycles. The number of nitrogens with one attached hydrogen (secondary N) is 1. The third-order valence-electron chi connectivity index (χ3n) is 4.19. The van der Waals surface area contributed by atoms with Gasteiger partial charge in [-0.25, -0.2) is 9.59 Å². The van der Waals surface area contributed by atoms with Crippen LogP contribution in [0.25, 0.3) is 10.9 Å². The Morgan fingerprint density at radius 2 is 1.97 bits per heavy atom. The SMILES string of the molecule is COC(=O)C(C)Oc1c(Cl)cc(C=Nn2c(=O)[nH]c3ccccc3c2=O)cc1OC. The van der Waals surface area contributed by atoms with Crippen LogP contribution in [0.15, 0.2) is 51.1 Å². The minimum absolute atomic E-state index is 0.145. The molecule has 0 radical (unpaired) electrons. The van der Waals surface area contributed by atoms with Gasteiger partial charge in [-0.3, -0.25) is 4.79 Å². The molecule has 9 nitrogen and oxygen atoms in total. The van der Waals surface area contributed by atoms with Gasteiger partial charge in [-0.05, 0) is 36.8 Å². The molecule has 0 saturated heterocycles. The van der Waals surface area contributed by atoms with E-state index in [4.69, 9.17) is 21.1 Å². The van der Waals surface area contributed by atoms with Gasteiger partial charge >= 0.3 is 11.7 Å². The van der Waals surface area contributed by atoms with Crippen molar-refractivity contribution in [1.29, 1.82) is 0 Å². The van der Waals surface area contributed by atoms with E-state index >= 15 is 0 Å². The summed E-state index contributed by atoms with van der Waals surface area (Å²) >= 11 is 6.27. The number of hydrogen-bond donors (Lipinski definition) is 1. The molecular formula is C20H18ClN3O6. The summed E-state index contributed by atoms with van der Waals surface area (Å²) in [4.78, 5) is 38.9. The number of carbonyl (C=O) groups is 1. The molecular weight excluding hydrogens is 414 g/mol. The van der Waals surface area contributed by atoms with Crippen molar-refractivity contribution in [2.45, 2.75) is 13.0 Å². The van der Waals surface area contributed by atoms with Crippen LogP contribution in [-0.2, 0) is 9.53 Å². The van der Waals surface area contributed by atoms with Gasteiger partial charge in [0.25, 0.3) is 5.56 Å². The number of benzene rings is 2. The number of fused-ring (bicyclic) bond motifs is 1. The summed E-state index contributed by atoms with van der Waals surface area (Å²) in [6.07, 6.45) is 0.378. The van der Waals surface area contributed by atoms with Gasteiger partial charge in [-0.1, -0.05) is 23.7 Å². The molecule has 0 fully saturated rings. The highest BCUT2D eigenvalue weighted by atomic mass is 35.5. The quantitative estimate of drug-likeness (QED) is 0.473. The maximum absolute atomic E-state index is 12.5. The second-order valence-electron chi connectivity index (χ2n) is 6.15. The predicted molar refractivity (Wildman–Crippen MR) is 112 cm³/mol. The number of methoxy groups -OCH3 is 2. The zero-order chi connectivity index (χ0) is 21.8. The molecule has 0 aliphatic carbocycles. The number of aromatic nitrogens is 2. The Hall–Kier alpha value is -3.59. The van der Waals surface area contributed by atoms with Crippen molar-refractivity contribution in [2.24, 2.45) is 5.10 Å². The van der Waals surface area contributed by atoms with Gasteiger partial charge in [0, 0.05) is 0 Å². The van der Waals surface area contributed by atoms with Crippen molar-refractivity contribution in [3.63, 3.8) is 0 Å². The Kier molecular flexibility index (Phi) is 6.22. The van der Waals surface area contributed by atoms with Crippen LogP contribution >= 0.6 is 11.6 Å². The smallest absolute Gasteiger partial charge is 0.349 e.